The third-order valence-electron chi connectivity index (χ3n) is 4.26. The quantitative estimate of drug-likeness (QED) is 0.924. The van der Waals surface area contributed by atoms with Gasteiger partial charge in [-0.05, 0) is 51.3 Å². The summed E-state index contributed by atoms with van der Waals surface area (Å²) >= 11 is 0. The number of carbonyl (C=O) groups excluding carboxylic acids is 1. The number of nitrogens with one attached hydrogen (secondary N) is 1. The van der Waals surface area contributed by atoms with Gasteiger partial charge in [-0.3, -0.25) is 4.79 Å². The van der Waals surface area contributed by atoms with Gasteiger partial charge in [0.15, 0.2) is 0 Å². The van der Waals surface area contributed by atoms with Crippen LogP contribution in [-0.4, -0.2) is 29.4 Å². The summed E-state index contributed by atoms with van der Waals surface area (Å²) in [6.07, 6.45) is 3.09. The molecule has 1 N–H and O–H groups in total. The van der Waals surface area contributed by atoms with E-state index in [1.807, 2.05) is 36.9 Å². The third-order valence-corrected chi connectivity index (χ3v) is 4.26. The number of rotatable bonds is 4. The minimum atomic E-state index is -0.462. The second kappa shape index (κ2) is 6.73. The van der Waals surface area contributed by atoms with Crippen molar-refractivity contribution in [1.29, 1.82) is 5.26 Å². The minimum Gasteiger partial charge on any atom is -0.337 e. The van der Waals surface area contributed by atoms with E-state index in [-0.39, 0.29) is 5.91 Å². The molecule has 0 saturated carbocycles. The van der Waals surface area contributed by atoms with E-state index in [9.17, 15) is 10.1 Å². The lowest BCUT2D eigenvalue weighted by Gasteiger charge is -2.37. The maximum Gasteiger partial charge on any atom is 0.242 e. The number of hydrogen-bond acceptors (Lipinski definition) is 3. The van der Waals surface area contributed by atoms with Crippen molar-refractivity contribution in [3.05, 3.63) is 35.4 Å². The van der Waals surface area contributed by atoms with Gasteiger partial charge in [0.2, 0.25) is 5.91 Å². The van der Waals surface area contributed by atoms with E-state index in [0.717, 1.165) is 31.4 Å². The lowest BCUT2D eigenvalue weighted by atomic mass is 9.89. The molecule has 1 aliphatic heterocycles. The van der Waals surface area contributed by atoms with Crippen LogP contribution in [0.1, 0.15) is 44.2 Å². The van der Waals surface area contributed by atoms with Crippen LogP contribution < -0.4 is 5.32 Å². The van der Waals surface area contributed by atoms with Gasteiger partial charge >= 0.3 is 0 Å². The van der Waals surface area contributed by atoms with Crippen LogP contribution in [0.15, 0.2) is 24.3 Å². The number of nitrogens with zero attached hydrogens (tertiary/aromatic N) is 2. The highest BCUT2D eigenvalue weighted by atomic mass is 16.2. The van der Waals surface area contributed by atoms with Gasteiger partial charge < -0.3 is 10.2 Å². The molecular formula is C17H23N3O. The molecule has 1 heterocycles. The second-order valence-electron chi connectivity index (χ2n) is 5.80. The van der Waals surface area contributed by atoms with Crippen LogP contribution in [0.5, 0.6) is 0 Å². The Morgan fingerprint density at radius 2 is 2.19 bits per heavy atom. The molecule has 4 nitrogen and oxygen atoms in total. The van der Waals surface area contributed by atoms with Crippen LogP contribution in [0.2, 0.25) is 0 Å². The molecule has 1 amide bonds. The first-order valence-corrected chi connectivity index (χ1v) is 7.63. The molecule has 1 aromatic carbocycles. The molecule has 1 atom stereocenters. The zero-order valence-corrected chi connectivity index (χ0v) is 12.9. The number of hydrogen-bond donors (Lipinski definition) is 1. The Morgan fingerprint density at radius 1 is 1.43 bits per heavy atom. The van der Waals surface area contributed by atoms with Gasteiger partial charge in [-0.1, -0.05) is 18.2 Å². The van der Waals surface area contributed by atoms with Crippen molar-refractivity contribution in [3.8, 4) is 6.07 Å². The first-order valence-electron chi connectivity index (χ1n) is 7.63. The summed E-state index contributed by atoms with van der Waals surface area (Å²) in [4.78, 5) is 14.7. The van der Waals surface area contributed by atoms with Gasteiger partial charge in [-0.2, -0.15) is 5.26 Å². The maximum absolute atomic E-state index is 12.8. The van der Waals surface area contributed by atoms with Crippen molar-refractivity contribution in [3.63, 3.8) is 0 Å². The molecular weight excluding hydrogens is 262 g/mol. The van der Waals surface area contributed by atoms with Crippen molar-refractivity contribution < 1.29 is 4.79 Å². The van der Waals surface area contributed by atoms with Crippen molar-refractivity contribution in [2.24, 2.45) is 0 Å². The second-order valence-corrected chi connectivity index (χ2v) is 5.80. The highest BCUT2D eigenvalue weighted by Gasteiger charge is 2.37. The van der Waals surface area contributed by atoms with E-state index in [0.29, 0.717) is 18.7 Å². The molecule has 1 saturated heterocycles. The lowest BCUT2D eigenvalue weighted by Crippen LogP contribution is -2.57. The Kier molecular flexibility index (Phi) is 4.98. The Hall–Kier alpha value is -1.86. The molecule has 4 heteroatoms. The van der Waals surface area contributed by atoms with Crippen LogP contribution >= 0.6 is 0 Å². The molecule has 1 fully saturated rings. The van der Waals surface area contributed by atoms with Crippen molar-refractivity contribution in [1.82, 2.24) is 10.2 Å². The topological polar surface area (TPSA) is 56.1 Å². The van der Waals surface area contributed by atoms with Crippen LogP contribution in [0, 0.1) is 11.3 Å². The average Bonchev–Trinajstić information content (AvgIpc) is 2.53. The van der Waals surface area contributed by atoms with E-state index in [1.165, 1.54) is 0 Å². The fraction of sp³-hybridized carbons (Fsp3) is 0.529. The predicted molar refractivity (Wildman–Crippen MR) is 82.5 cm³/mol. The van der Waals surface area contributed by atoms with Crippen molar-refractivity contribution in [2.75, 3.05) is 13.1 Å². The summed E-state index contributed by atoms with van der Waals surface area (Å²) in [6, 6.07) is 9.68. The fourth-order valence-electron chi connectivity index (χ4n) is 2.89. The zero-order valence-electron chi connectivity index (χ0n) is 12.9. The molecule has 0 bridgehead atoms. The smallest absolute Gasteiger partial charge is 0.242 e. The standard InChI is InChI=1S/C17H23N3O/c1-3-20(13-15-9-5-4-8-14(15)12-18)16(21)17(2)10-6-7-11-19-17/h4-5,8-9,19H,3,6-7,10-11,13H2,1-2H3. The van der Waals surface area contributed by atoms with E-state index < -0.39 is 5.54 Å². The summed E-state index contributed by atoms with van der Waals surface area (Å²) in [5.74, 6) is 0.137. The molecule has 0 aromatic heterocycles. The summed E-state index contributed by atoms with van der Waals surface area (Å²) in [7, 11) is 0. The van der Waals surface area contributed by atoms with E-state index in [4.69, 9.17) is 0 Å². The lowest BCUT2D eigenvalue weighted by molar-refractivity contribution is -0.139. The molecule has 0 spiro atoms. The number of piperidine rings is 1. The SMILES string of the molecule is CCN(Cc1ccccc1C#N)C(=O)C1(C)CCCCN1. The monoisotopic (exact) mass is 285 g/mol. The summed E-state index contributed by atoms with van der Waals surface area (Å²) in [6.45, 7) is 6.02. The van der Waals surface area contributed by atoms with Crippen LogP contribution in [0.25, 0.3) is 0 Å². The van der Waals surface area contributed by atoms with Crippen molar-refractivity contribution in [2.45, 2.75) is 45.2 Å². The number of amides is 1. The Balaban J connectivity index is 2.16. The van der Waals surface area contributed by atoms with E-state index >= 15 is 0 Å². The van der Waals surface area contributed by atoms with Crippen molar-refractivity contribution >= 4 is 5.91 Å². The summed E-state index contributed by atoms with van der Waals surface area (Å²) < 4.78 is 0. The molecule has 1 aromatic rings. The Labute approximate surface area is 126 Å². The van der Waals surface area contributed by atoms with Gasteiger partial charge in [-0.15, -0.1) is 0 Å². The summed E-state index contributed by atoms with van der Waals surface area (Å²) in [5.41, 5.74) is 1.09. The van der Waals surface area contributed by atoms with Crippen LogP contribution in [-0.2, 0) is 11.3 Å². The molecule has 0 radical (unpaired) electrons. The third kappa shape index (κ3) is 3.43. The zero-order chi connectivity index (χ0) is 15.3. The van der Waals surface area contributed by atoms with E-state index in [1.54, 1.807) is 6.07 Å². The van der Waals surface area contributed by atoms with Crippen LogP contribution in [0.4, 0.5) is 0 Å². The molecule has 1 unspecified atom stereocenters. The normalized spacial score (nSPS) is 21.6. The van der Waals surface area contributed by atoms with Gasteiger partial charge in [-0.25, -0.2) is 0 Å². The summed E-state index contributed by atoms with van der Waals surface area (Å²) in [5, 5.41) is 12.5. The Bertz CT molecular complexity index is 541. The molecule has 21 heavy (non-hydrogen) atoms. The number of nitriles is 1. The number of carbonyl (C=O) groups is 1. The highest BCUT2D eigenvalue weighted by Crippen LogP contribution is 2.22. The minimum absolute atomic E-state index is 0.137. The molecule has 112 valence electrons. The van der Waals surface area contributed by atoms with Gasteiger partial charge in [0.1, 0.15) is 0 Å². The fourth-order valence-corrected chi connectivity index (χ4v) is 2.89. The van der Waals surface area contributed by atoms with Gasteiger partial charge in [0.05, 0.1) is 17.2 Å². The van der Waals surface area contributed by atoms with Gasteiger partial charge in [0.25, 0.3) is 0 Å². The highest BCUT2D eigenvalue weighted by molar-refractivity contribution is 5.86. The maximum atomic E-state index is 12.8. The average molecular weight is 285 g/mol. The van der Waals surface area contributed by atoms with Gasteiger partial charge in [0, 0.05) is 13.1 Å². The number of benzene rings is 1. The first-order chi connectivity index (χ1) is 10.1. The molecule has 2 rings (SSSR count). The first kappa shape index (κ1) is 15.5. The van der Waals surface area contributed by atoms with E-state index in [2.05, 4.69) is 11.4 Å². The van der Waals surface area contributed by atoms with Crippen LogP contribution in [0.3, 0.4) is 0 Å². The molecule has 1 aliphatic rings. The Morgan fingerprint density at radius 3 is 2.81 bits per heavy atom. The molecule has 0 aliphatic carbocycles. The number of likely N-dealkylation sites (N-methyl/N-ethyl adjacent to an activating group) is 1. The predicted octanol–water partition coefficient (Wildman–Crippen LogP) is 2.44. The largest absolute Gasteiger partial charge is 0.337 e.